The van der Waals surface area contributed by atoms with E-state index in [4.69, 9.17) is 0 Å². The molecule has 0 atom stereocenters. The Morgan fingerprint density at radius 3 is 2.41 bits per heavy atom. The number of rotatable bonds is 4. The molecular weight excluding hydrogens is 413 g/mol. The smallest absolute Gasteiger partial charge is 0.357 e. The van der Waals surface area contributed by atoms with Crippen LogP contribution >= 0.6 is 24.0 Å². The fourth-order valence-corrected chi connectivity index (χ4v) is 1.71. The van der Waals surface area contributed by atoms with Crippen molar-refractivity contribution < 1.29 is 17.6 Å². The summed E-state index contributed by atoms with van der Waals surface area (Å²) >= 11 is 0. The molecule has 1 rings (SSSR count). The summed E-state index contributed by atoms with van der Waals surface area (Å²) in [4.78, 5) is 4.10. The van der Waals surface area contributed by atoms with E-state index in [0.717, 1.165) is 12.1 Å². The monoisotopic (exact) mass is 433 g/mol. The van der Waals surface area contributed by atoms with Crippen molar-refractivity contribution in [3.8, 4) is 0 Å². The number of nitrogens with zero attached hydrogens (tertiary/aromatic N) is 1. The number of hydrogen-bond donors (Lipinski definition) is 2. The normalized spacial score (nSPS) is 12.1. The van der Waals surface area contributed by atoms with Crippen molar-refractivity contribution in [2.24, 2.45) is 4.99 Å². The lowest BCUT2D eigenvalue weighted by Crippen LogP contribution is -2.41. The van der Waals surface area contributed by atoms with Crippen LogP contribution in [0, 0.1) is 5.82 Å². The van der Waals surface area contributed by atoms with E-state index < -0.39 is 17.6 Å². The van der Waals surface area contributed by atoms with Crippen molar-refractivity contribution in [3.63, 3.8) is 0 Å². The first-order chi connectivity index (χ1) is 9.74. The Morgan fingerprint density at radius 1 is 1.27 bits per heavy atom. The molecule has 3 nitrogen and oxygen atoms in total. The van der Waals surface area contributed by atoms with Crippen molar-refractivity contribution in [3.05, 3.63) is 35.1 Å². The van der Waals surface area contributed by atoms with Crippen LogP contribution in [0.25, 0.3) is 0 Å². The van der Waals surface area contributed by atoms with Gasteiger partial charge in [-0.2, -0.15) is 13.2 Å². The molecule has 0 saturated carbocycles. The summed E-state index contributed by atoms with van der Waals surface area (Å²) in [6.45, 7) is 6.06. The summed E-state index contributed by atoms with van der Waals surface area (Å²) in [5.74, 6) is -0.493. The van der Waals surface area contributed by atoms with Gasteiger partial charge >= 0.3 is 6.18 Å². The third-order valence-corrected chi connectivity index (χ3v) is 2.55. The van der Waals surface area contributed by atoms with E-state index in [0.29, 0.717) is 18.6 Å². The fraction of sp³-hybridized carbons (Fsp3) is 0.500. The average molecular weight is 433 g/mol. The van der Waals surface area contributed by atoms with Gasteiger partial charge in [0.05, 0.1) is 12.1 Å². The molecule has 0 amide bonds. The molecule has 0 spiro atoms. The summed E-state index contributed by atoms with van der Waals surface area (Å²) in [6, 6.07) is 2.70. The van der Waals surface area contributed by atoms with Gasteiger partial charge in [0.1, 0.15) is 5.82 Å². The third-order valence-electron chi connectivity index (χ3n) is 2.55. The topological polar surface area (TPSA) is 36.4 Å². The van der Waals surface area contributed by atoms with Crippen molar-refractivity contribution in [1.29, 1.82) is 0 Å². The van der Waals surface area contributed by atoms with Gasteiger partial charge in [0.15, 0.2) is 5.96 Å². The molecule has 0 aliphatic carbocycles. The van der Waals surface area contributed by atoms with Gasteiger partial charge in [-0.05, 0) is 38.5 Å². The van der Waals surface area contributed by atoms with Crippen molar-refractivity contribution in [2.45, 2.75) is 39.5 Å². The van der Waals surface area contributed by atoms with E-state index >= 15 is 0 Å². The first-order valence-electron chi connectivity index (χ1n) is 6.64. The van der Waals surface area contributed by atoms with E-state index in [-0.39, 0.29) is 42.1 Å². The molecule has 0 saturated heterocycles. The maximum Gasteiger partial charge on any atom is 0.416 e. The maximum atomic E-state index is 13.0. The SMILES string of the molecule is CCNC(=NCc1ccc(F)cc1C(F)(F)F)NC(C)C.I. The molecule has 0 aliphatic heterocycles. The quantitative estimate of drug-likeness (QED) is 0.327. The Hall–Kier alpha value is -1.06. The van der Waals surface area contributed by atoms with Crippen LogP contribution in [0.15, 0.2) is 23.2 Å². The highest BCUT2D eigenvalue weighted by Crippen LogP contribution is 2.32. The first kappa shape index (κ1) is 20.9. The molecule has 0 unspecified atom stereocenters. The first-order valence-corrected chi connectivity index (χ1v) is 6.64. The minimum Gasteiger partial charge on any atom is -0.357 e. The fourth-order valence-electron chi connectivity index (χ4n) is 1.71. The molecule has 22 heavy (non-hydrogen) atoms. The van der Waals surface area contributed by atoms with Gasteiger partial charge in [0.25, 0.3) is 0 Å². The predicted octanol–water partition coefficient (Wildman–Crippen LogP) is 3.93. The molecule has 0 bridgehead atoms. The van der Waals surface area contributed by atoms with Crippen molar-refractivity contribution >= 4 is 29.9 Å². The van der Waals surface area contributed by atoms with Crippen LogP contribution in [0.1, 0.15) is 31.9 Å². The molecule has 8 heteroatoms. The number of nitrogens with one attached hydrogen (secondary N) is 2. The van der Waals surface area contributed by atoms with Crippen LogP contribution in [0.4, 0.5) is 17.6 Å². The largest absolute Gasteiger partial charge is 0.416 e. The van der Waals surface area contributed by atoms with Crippen LogP contribution in [-0.4, -0.2) is 18.5 Å². The van der Waals surface area contributed by atoms with Gasteiger partial charge in [-0.15, -0.1) is 24.0 Å². The second-order valence-electron chi connectivity index (χ2n) is 4.79. The number of guanidine groups is 1. The highest BCUT2D eigenvalue weighted by molar-refractivity contribution is 14.0. The highest BCUT2D eigenvalue weighted by atomic mass is 127. The number of hydrogen-bond acceptors (Lipinski definition) is 1. The van der Waals surface area contributed by atoms with E-state index in [2.05, 4.69) is 15.6 Å². The molecule has 2 N–H and O–H groups in total. The lowest BCUT2D eigenvalue weighted by molar-refractivity contribution is -0.138. The molecular formula is C14H20F4IN3. The zero-order valence-electron chi connectivity index (χ0n) is 12.6. The second-order valence-corrected chi connectivity index (χ2v) is 4.79. The molecule has 0 aromatic heterocycles. The number of halogens is 5. The highest BCUT2D eigenvalue weighted by Gasteiger charge is 2.33. The molecule has 1 aromatic carbocycles. The Balaban J connectivity index is 0.00000441. The van der Waals surface area contributed by atoms with Gasteiger partial charge in [-0.1, -0.05) is 6.07 Å². The number of benzene rings is 1. The van der Waals surface area contributed by atoms with Crippen LogP contribution in [-0.2, 0) is 12.7 Å². The van der Waals surface area contributed by atoms with E-state index in [1.165, 1.54) is 0 Å². The predicted molar refractivity (Wildman–Crippen MR) is 89.9 cm³/mol. The third kappa shape index (κ3) is 6.80. The van der Waals surface area contributed by atoms with Crippen LogP contribution in [0.5, 0.6) is 0 Å². The zero-order valence-corrected chi connectivity index (χ0v) is 14.9. The van der Waals surface area contributed by atoms with Crippen LogP contribution in [0.2, 0.25) is 0 Å². The van der Waals surface area contributed by atoms with Crippen LogP contribution in [0.3, 0.4) is 0 Å². The Labute approximate surface area is 144 Å². The Bertz CT molecular complexity index is 501. The summed E-state index contributed by atoms with van der Waals surface area (Å²) < 4.78 is 51.6. The summed E-state index contributed by atoms with van der Waals surface area (Å²) in [5, 5.41) is 5.94. The van der Waals surface area contributed by atoms with Gasteiger partial charge < -0.3 is 10.6 Å². The maximum absolute atomic E-state index is 13.0. The minimum atomic E-state index is -4.60. The standard InChI is InChI=1S/C14H19F4N3.HI/c1-4-19-13(21-9(2)3)20-8-10-5-6-11(15)7-12(10)14(16,17)18;/h5-7,9H,4,8H2,1-3H3,(H2,19,20,21);1H. The van der Waals surface area contributed by atoms with E-state index in [1.54, 1.807) is 0 Å². The molecule has 0 fully saturated rings. The van der Waals surface area contributed by atoms with Crippen LogP contribution < -0.4 is 10.6 Å². The number of alkyl halides is 3. The summed E-state index contributed by atoms with van der Waals surface area (Å²) in [5.41, 5.74) is -1.06. The zero-order chi connectivity index (χ0) is 16.0. The number of aliphatic imine (C=N–C) groups is 1. The van der Waals surface area contributed by atoms with Gasteiger partial charge in [-0.3, -0.25) is 0 Å². The molecule has 0 radical (unpaired) electrons. The summed E-state index contributed by atoms with van der Waals surface area (Å²) in [6.07, 6.45) is -4.60. The average Bonchev–Trinajstić information content (AvgIpc) is 2.35. The lowest BCUT2D eigenvalue weighted by Gasteiger charge is -2.15. The molecule has 0 aliphatic rings. The molecule has 0 heterocycles. The van der Waals surface area contributed by atoms with Crippen molar-refractivity contribution in [2.75, 3.05) is 6.54 Å². The second kappa shape index (κ2) is 9.16. The Kier molecular flexibility index (Phi) is 8.72. The molecule has 126 valence electrons. The van der Waals surface area contributed by atoms with E-state index in [1.807, 2.05) is 20.8 Å². The summed E-state index contributed by atoms with van der Waals surface area (Å²) in [7, 11) is 0. The van der Waals surface area contributed by atoms with Gasteiger partial charge in [0, 0.05) is 12.6 Å². The molecule has 1 aromatic rings. The van der Waals surface area contributed by atoms with Crippen molar-refractivity contribution in [1.82, 2.24) is 10.6 Å². The van der Waals surface area contributed by atoms with E-state index in [9.17, 15) is 17.6 Å². The minimum absolute atomic E-state index is 0. The Morgan fingerprint density at radius 2 is 1.91 bits per heavy atom. The lowest BCUT2D eigenvalue weighted by atomic mass is 10.1. The van der Waals surface area contributed by atoms with Gasteiger partial charge in [-0.25, -0.2) is 9.38 Å². The van der Waals surface area contributed by atoms with Gasteiger partial charge in [0.2, 0.25) is 0 Å².